The van der Waals surface area contributed by atoms with Crippen LogP contribution in [0.25, 0.3) is 0 Å². The van der Waals surface area contributed by atoms with Crippen LogP contribution in [0, 0.1) is 0 Å². The number of nitrogens with two attached hydrogens (primary N) is 1. The Kier molecular flexibility index (Phi) is 3.77. The second kappa shape index (κ2) is 4.45. The van der Waals surface area contributed by atoms with Crippen molar-refractivity contribution < 1.29 is 0 Å². The minimum atomic E-state index is 0. The minimum absolute atomic E-state index is 0. The number of fused-ring (bicyclic) bond motifs is 1. The van der Waals surface area contributed by atoms with Crippen molar-refractivity contribution in [3.63, 3.8) is 0 Å². The summed E-state index contributed by atoms with van der Waals surface area (Å²) in [4.78, 5) is 0. The molecule has 1 aliphatic carbocycles. The fraction of sp³-hybridized carbons (Fsp3) is 0.400. The van der Waals surface area contributed by atoms with E-state index in [0.29, 0.717) is 0 Å². The van der Waals surface area contributed by atoms with Crippen LogP contribution in [0.5, 0.6) is 0 Å². The van der Waals surface area contributed by atoms with E-state index >= 15 is 0 Å². The van der Waals surface area contributed by atoms with Crippen LogP contribution in [0.1, 0.15) is 30.0 Å². The van der Waals surface area contributed by atoms with Gasteiger partial charge in [-0.1, -0.05) is 28.1 Å². The van der Waals surface area contributed by atoms with Crippen LogP contribution in [0.2, 0.25) is 0 Å². The molecular weight excluding hydrogens is 249 g/mol. The molecule has 1 aromatic carbocycles. The molecule has 1 aromatic rings. The van der Waals surface area contributed by atoms with E-state index in [4.69, 9.17) is 5.73 Å². The minimum Gasteiger partial charge on any atom is -0.324 e. The molecule has 0 spiro atoms. The normalized spacial score (nSPS) is 20.3. The highest BCUT2D eigenvalue weighted by molar-refractivity contribution is 9.10. The van der Waals surface area contributed by atoms with Crippen molar-refractivity contribution in [2.75, 3.05) is 0 Å². The zero-order valence-electron chi connectivity index (χ0n) is 7.29. The number of halogens is 2. The molecule has 0 aliphatic heterocycles. The van der Waals surface area contributed by atoms with Gasteiger partial charge in [0.25, 0.3) is 0 Å². The van der Waals surface area contributed by atoms with Crippen LogP contribution in [0.4, 0.5) is 0 Å². The Balaban J connectivity index is 0.000000845. The van der Waals surface area contributed by atoms with Gasteiger partial charge in [0.05, 0.1) is 0 Å². The van der Waals surface area contributed by atoms with Crippen molar-refractivity contribution >= 4 is 28.3 Å². The lowest BCUT2D eigenvalue weighted by atomic mass is 9.88. The summed E-state index contributed by atoms with van der Waals surface area (Å²) in [6.45, 7) is 0. The molecule has 1 nitrogen and oxygen atoms in total. The molecule has 0 amide bonds. The third-order valence-electron chi connectivity index (χ3n) is 2.50. The average Bonchev–Trinajstić information content (AvgIpc) is 2.07. The summed E-state index contributed by atoms with van der Waals surface area (Å²) in [6.07, 6.45) is 3.52. The van der Waals surface area contributed by atoms with Crippen molar-refractivity contribution in [2.24, 2.45) is 5.73 Å². The Morgan fingerprint density at radius 1 is 1.38 bits per heavy atom. The van der Waals surface area contributed by atoms with Crippen molar-refractivity contribution in [1.29, 1.82) is 0 Å². The van der Waals surface area contributed by atoms with E-state index in [-0.39, 0.29) is 18.4 Å². The molecule has 0 radical (unpaired) electrons. The van der Waals surface area contributed by atoms with E-state index in [9.17, 15) is 0 Å². The highest BCUT2D eigenvalue weighted by atomic mass is 79.9. The van der Waals surface area contributed by atoms with Crippen LogP contribution in [0.15, 0.2) is 22.7 Å². The van der Waals surface area contributed by atoms with Gasteiger partial charge in [-0.05, 0) is 36.5 Å². The molecule has 2 N–H and O–H groups in total. The molecule has 2 rings (SSSR count). The first-order valence-corrected chi connectivity index (χ1v) is 5.11. The number of hydrogen-bond donors (Lipinski definition) is 1. The first-order valence-electron chi connectivity index (χ1n) is 4.32. The van der Waals surface area contributed by atoms with Gasteiger partial charge < -0.3 is 5.73 Å². The van der Waals surface area contributed by atoms with Gasteiger partial charge in [-0.2, -0.15) is 0 Å². The average molecular weight is 263 g/mol. The fourth-order valence-electron chi connectivity index (χ4n) is 1.84. The summed E-state index contributed by atoms with van der Waals surface area (Å²) < 4.78 is 1.22. The first-order chi connectivity index (χ1) is 5.79. The standard InChI is InChI=1S/C10H12BrN.ClH/c11-9-5-1-4-8-7(9)3-2-6-10(8)12;/h1,4-5,10H,2-3,6,12H2;1H/t10-;/m1./s1. The third-order valence-corrected chi connectivity index (χ3v) is 3.24. The number of rotatable bonds is 0. The molecule has 1 atom stereocenters. The lowest BCUT2D eigenvalue weighted by molar-refractivity contribution is 0.569. The Labute approximate surface area is 93.2 Å². The largest absolute Gasteiger partial charge is 0.324 e. The van der Waals surface area contributed by atoms with Crippen molar-refractivity contribution in [3.8, 4) is 0 Å². The Morgan fingerprint density at radius 3 is 2.85 bits per heavy atom. The Hall–Kier alpha value is -0.0500. The molecule has 0 saturated carbocycles. The highest BCUT2D eigenvalue weighted by Gasteiger charge is 2.17. The van der Waals surface area contributed by atoms with Gasteiger partial charge >= 0.3 is 0 Å². The summed E-state index contributed by atoms with van der Waals surface area (Å²) in [5, 5.41) is 0. The molecule has 0 fully saturated rings. The first kappa shape index (κ1) is 11.0. The maximum absolute atomic E-state index is 5.99. The fourth-order valence-corrected chi connectivity index (χ4v) is 2.42. The zero-order valence-corrected chi connectivity index (χ0v) is 9.70. The van der Waals surface area contributed by atoms with E-state index < -0.39 is 0 Å². The van der Waals surface area contributed by atoms with Gasteiger partial charge in [0.1, 0.15) is 0 Å². The Bertz CT molecular complexity index is 301. The molecule has 1 aliphatic rings. The summed E-state index contributed by atoms with van der Waals surface area (Å²) in [7, 11) is 0. The molecule has 0 unspecified atom stereocenters. The summed E-state index contributed by atoms with van der Waals surface area (Å²) in [6, 6.07) is 6.56. The van der Waals surface area contributed by atoms with Gasteiger partial charge in [0.15, 0.2) is 0 Å². The molecule has 0 heterocycles. The Morgan fingerprint density at radius 2 is 2.15 bits per heavy atom. The maximum atomic E-state index is 5.99. The summed E-state index contributed by atoms with van der Waals surface area (Å²) in [5.41, 5.74) is 8.74. The second-order valence-corrected chi connectivity index (χ2v) is 4.16. The van der Waals surface area contributed by atoms with Crippen molar-refractivity contribution in [1.82, 2.24) is 0 Å². The lowest BCUT2D eigenvalue weighted by Crippen LogP contribution is -2.17. The van der Waals surface area contributed by atoms with Crippen LogP contribution >= 0.6 is 28.3 Å². The maximum Gasteiger partial charge on any atom is 0.0298 e. The van der Waals surface area contributed by atoms with Crippen LogP contribution < -0.4 is 5.73 Å². The predicted octanol–water partition coefficient (Wildman–Crippen LogP) is 3.21. The van der Waals surface area contributed by atoms with Gasteiger partial charge in [-0.3, -0.25) is 0 Å². The quantitative estimate of drug-likeness (QED) is 0.763. The van der Waals surface area contributed by atoms with Crippen LogP contribution in [-0.4, -0.2) is 0 Å². The predicted molar refractivity (Wildman–Crippen MR) is 61.3 cm³/mol. The van der Waals surface area contributed by atoms with Crippen LogP contribution in [0.3, 0.4) is 0 Å². The molecule has 3 heteroatoms. The second-order valence-electron chi connectivity index (χ2n) is 3.31. The molecule has 13 heavy (non-hydrogen) atoms. The van der Waals surface area contributed by atoms with E-state index in [0.717, 1.165) is 6.42 Å². The molecule has 0 aromatic heterocycles. The molecule has 0 saturated heterocycles. The summed E-state index contributed by atoms with van der Waals surface area (Å²) in [5.74, 6) is 0. The molecule has 72 valence electrons. The third kappa shape index (κ3) is 2.06. The lowest BCUT2D eigenvalue weighted by Gasteiger charge is -2.22. The summed E-state index contributed by atoms with van der Waals surface area (Å²) >= 11 is 3.55. The monoisotopic (exact) mass is 261 g/mol. The topological polar surface area (TPSA) is 26.0 Å². The highest BCUT2D eigenvalue weighted by Crippen LogP contribution is 2.32. The number of hydrogen-bond acceptors (Lipinski definition) is 1. The van der Waals surface area contributed by atoms with Crippen molar-refractivity contribution in [2.45, 2.75) is 25.3 Å². The smallest absolute Gasteiger partial charge is 0.0298 e. The SMILES string of the molecule is Cl.N[C@@H]1CCCc2c(Br)cccc21. The molecular formula is C10H13BrClN. The van der Waals surface area contributed by atoms with Crippen LogP contribution in [-0.2, 0) is 6.42 Å². The van der Waals surface area contributed by atoms with Gasteiger partial charge in [-0.25, -0.2) is 0 Å². The van der Waals surface area contributed by atoms with E-state index in [1.807, 2.05) is 0 Å². The zero-order chi connectivity index (χ0) is 8.55. The van der Waals surface area contributed by atoms with Gasteiger partial charge in [0.2, 0.25) is 0 Å². The molecule has 0 bridgehead atoms. The van der Waals surface area contributed by atoms with Gasteiger partial charge in [0, 0.05) is 10.5 Å². The van der Waals surface area contributed by atoms with E-state index in [1.54, 1.807) is 0 Å². The van der Waals surface area contributed by atoms with Gasteiger partial charge in [-0.15, -0.1) is 12.4 Å². The van der Waals surface area contributed by atoms with Crippen molar-refractivity contribution in [3.05, 3.63) is 33.8 Å². The van der Waals surface area contributed by atoms with E-state index in [1.165, 1.54) is 28.4 Å². The number of benzene rings is 1. The van der Waals surface area contributed by atoms with E-state index in [2.05, 4.69) is 34.1 Å².